The van der Waals surface area contributed by atoms with Gasteiger partial charge in [-0.25, -0.2) is 0 Å². The van der Waals surface area contributed by atoms with Crippen molar-refractivity contribution < 1.29 is 20.4 Å². The predicted octanol–water partition coefficient (Wildman–Crippen LogP) is -2.49. The van der Waals surface area contributed by atoms with E-state index in [-0.39, 0.29) is 0 Å². The molecule has 5 nitrogen and oxygen atoms in total. The third-order valence-corrected chi connectivity index (χ3v) is 1.96. The average molecular weight is 161 g/mol. The summed E-state index contributed by atoms with van der Waals surface area (Å²) in [6, 6.07) is -0.889. The Balaban J connectivity index is 2.76. The Morgan fingerprint density at radius 2 is 1.18 bits per heavy atom. The standard InChI is InChI=1S/C6H11NO4/c1-7-2-3(8)5(10)6(11)4(2)9/h2-6,8-11H,1H2/t2?,3-,4+,5-,6+. The topological polar surface area (TPSA) is 93.3 Å². The Morgan fingerprint density at radius 1 is 0.818 bits per heavy atom. The van der Waals surface area contributed by atoms with Crippen LogP contribution in [0.25, 0.3) is 0 Å². The molecule has 1 aliphatic carbocycles. The van der Waals surface area contributed by atoms with Crippen molar-refractivity contribution in [3.63, 3.8) is 0 Å². The van der Waals surface area contributed by atoms with Crippen molar-refractivity contribution in [2.45, 2.75) is 30.5 Å². The molecule has 0 aromatic carbocycles. The van der Waals surface area contributed by atoms with Crippen LogP contribution in [0.3, 0.4) is 0 Å². The van der Waals surface area contributed by atoms with Crippen molar-refractivity contribution in [2.24, 2.45) is 4.99 Å². The number of aliphatic hydroxyl groups is 4. The molecule has 64 valence electrons. The van der Waals surface area contributed by atoms with E-state index in [1.54, 1.807) is 0 Å². The minimum atomic E-state index is -1.33. The highest BCUT2D eigenvalue weighted by Crippen LogP contribution is 2.23. The van der Waals surface area contributed by atoms with Crippen LogP contribution < -0.4 is 0 Å². The first-order chi connectivity index (χ1) is 5.09. The highest BCUT2D eigenvalue weighted by atomic mass is 16.4. The van der Waals surface area contributed by atoms with Gasteiger partial charge in [0.2, 0.25) is 0 Å². The summed E-state index contributed by atoms with van der Waals surface area (Å²) in [5, 5.41) is 36.2. The Bertz CT molecular complexity index is 149. The van der Waals surface area contributed by atoms with Crippen molar-refractivity contribution in [1.29, 1.82) is 0 Å². The maximum absolute atomic E-state index is 9.09. The molecular weight excluding hydrogens is 150 g/mol. The highest BCUT2D eigenvalue weighted by molar-refractivity contribution is 5.26. The normalized spacial score (nSPS) is 51.1. The molecule has 11 heavy (non-hydrogen) atoms. The van der Waals surface area contributed by atoms with Crippen LogP contribution in [0, 0.1) is 0 Å². The van der Waals surface area contributed by atoms with E-state index in [0.29, 0.717) is 0 Å². The molecule has 0 spiro atoms. The minimum Gasteiger partial charge on any atom is -0.388 e. The molecule has 1 rings (SSSR count). The van der Waals surface area contributed by atoms with Crippen LogP contribution in [0.2, 0.25) is 0 Å². The molecule has 1 fully saturated rings. The summed E-state index contributed by atoms with van der Waals surface area (Å²) in [7, 11) is 0. The highest BCUT2D eigenvalue weighted by Gasteiger charge is 2.47. The lowest BCUT2D eigenvalue weighted by atomic mass is 10.2. The molecule has 5 atom stereocenters. The maximum atomic E-state index is 9.09. The lowest BCUT2D eigenvalue weighted by Gasteiger charge is -2.11. The first kappa shape index (κ1) is 8.61. The van der Waals surface area contributed by atoms with Crippen LogP contribution in [0.15, 0.2) is 4.99 Å². The van der Waals surface area contributed by atoms with Gasteiger partial charge in [0.1, 0.15) is 30.5 Å². The van der Waals surface area contributed by atoms with Crippen molar-refractivity contribution in [3.05, 3.63) is 0 Å². The number of hydrogen-bond donors (Lipinski definition) is 4. The lowest BCUT2D eigenvalue weighted by molar-refractivity contribution is -0.0413. The Morgan fingerprint density at radius 3 is 1.36 bits per heavy atom. The Kier molecular flexibility index (Phi) is 2.24. The van der Waals surface area contributed by atoms with Gasteiger partial charge in [-0.3, -0.25) is 4.99 Å². The smallest absolute Gasteiger partial charge is 0.111 e. The monoisotopic (exact) mass is 161 g/mol. The van der Waals surface area contributed by atoms with E-state index in [0.717, 1.165) is 0 Å². The fraction of sp³-hybridized carbons (Fsp3) is 0.833. The van der Waals surface area contributed by atoms with Gasteiger partial charge in [-0.15, -0.1) is 0 Å². The molecule has 0 saturated heterocycles. The average Bonchev–Trinajstić information content (AvgIpc) is 2.17. The molecule has 1 aliphatic rings. The second-order valence-corrected chi connectivity index (χ2v) is 2.64. The van der Waals surface area contributed by atoms with Gasteiger partial charge in [0, 0.05) is 0 Å². The van der Waals surface area contributed by atoms with Crippen molar-refractivity contribution in [1.82, 2.24) is 0 Å². The number of nitrogens with zero attached hydrogens (tertiary/aromatic N) is 1. The van der Waals surface area contributed by atoms with E-state index in [1.165, 1.54) is 0 Å². The second kappa shape index (κ2) is 2.86. The lowest BCUT2D eigenvalue weighted by Crippen LogP contribution is -2.32. The summed E-state index contributed by atoms with van der Waals surface area (Å²) >= 11 is 0. The summed E-state index contributed by atoms with van der Waals surface area (Å²) in [5.74, 6) is 0. The third kappa shape index (κ3) is 1.16. The molecule has 0 heterocycles. The zero-order valence-electron chi connectivity index (χ0n) is 5.83. The van der Waals surface area contributed by atoms with E-state index < -0.39 is 30.5 Å². The van der Waals surface area contributed by atoms with Crippen LogP contribution in [0.5, 0.6) is 0 Å². The van der Waals surface area contributed by atoms with Crippen LogP contribution in [-0.4, -0.2) is 57.6 Å². The molecule has 4 N–H and O–H groups in total. The summed E-state index contributed by atoms with van der Waals surface area (Å²) in [5.41, 5.74) is 0. The molecule has 5 heteroatoms. The van der Waals surface area contributed by atoms with Gasteiger partial charge < -0.3 is 20.4 Å². The van der Waals surface area contributed by atoms with Crippen molar-refractivity contribution >= 4 is 6.72 Å². The number of aliphatic imine (C=N–C) groups is 1. The fourth-order valence-electron chi connectivity index (χ4n) is 1.23. The summed E-state index contributed by atoms with van der Waals surface area (Å²) in [6.45, 7) is 3.12. The molecule has 0 amide bonds. The van der Waals surface area contributed by atoms with Crippen molar-refractivity contribution in [3.8, 4) is 0 Å². The third-order valence-electron chi connectivity index (χ3n) is 1.96. The molecule has 1 unspecified atom stereocenters. The number of aliphatic hydroxyl groups excluding tert-OH is 4. The molecule has 0 aliphatic heterocycles. The number of hydrogen-bond acceptors (Lipinski definition) is 5. The SMILES string of the molecule is C=NC1[C@@H](O)[C@@H](O)[C@@H](O)[C@H]1O. The van der Waals surface area contributed by atoms with Gasteiger partial charge in [0.15, 0.2) is 0 Å². The molecule has 0 radical (unpaired) electrons. The van der Waals surface area contributed by atoms with E-state index in [2.05, 4.69) is 11.7 Å². The zero-order valence-corrected chi connectivity index (χ0v) is 5.83. The summed E-state index contributed by atoms with van der Waals surface area (Å²) in [4.78, 5) is 3.38. The molecule has 0 aromatic rings. The van der Waals surface area contributed by atoms with Crippen LogP contribution in [0.1, 0.15) is 0 Å². The van der Waals surface area contributed by atoms with Crippen molar-refractivity contribution in [2.75, 3.05) is 0 Å². The Hall–Kier alpha value is -0.490. The van der Waals surface area contributed by atoms with E-state index in [1.807, 2.05) is 0 Å². The molecular formula is C6H11NO4. The fourth-order valence-corrected chi connectivity index (χ4v) is 1.23. The zero-order chi connectivity index (χ0) is 8.59. The van der Waals surface area contributed by atoms with Gasteiger partial charge in [0.05, 0.1) is 0 Å². The Labute approximate surface area is 63.6 Å². The second-order valence-electron chi connectivity index (χ2n) is 2.64. The first-order valence-corrected chi connectivity index (χ1v) is 3.27. The van der Waals surface area contributed by atoms with Crippen LogP contribution >= 0.6 is 0 Å². The van der Waals surface area contributed by atoms with Crippen LogP contribution in [-0.2, 0) is 0 Å². The summed E-state index contributed by atoms with van der Waals surface area (Å²) < 4.78 is 0. The largest absolute Gasteiger partial charge is 0.388 e. The van der Waals surface area contributed by atoms with E-state index in [4.69, 9.17) is 20.4 Å². The van der Waals surface area contributed by atoms with E-state index in [9.17, 15) is 0 Å². The number of rotatable bonds is 1. The molecule has 0 bridgehead atoms. The van der Waals surface area contributed by atoms with Crippen LogP contribution in [0.4, 0.5) is 0 Å². The minimum absolute atomic E-state index is 0.889. The van der Waals surface area contributed by atoms with Gasteiger partial charge in [-0.2, -0.15) is 0 Å². The quantitative estimate of drug-likeness (QED) is 0.320. The first-order valence-electron chi connectivity index (χ1n) is 3.27. The maximum Gasteiger partial charge on any atom is 0.111 e. The van der Waals surface area contributed by atoms with Gasteiger partial charge in [-0.05, 0) is 6.72 Å². The van der Waals surface area contributed by atoms with Gasteiger partial charge in [-0.1, -0.05) is 0 Å². The van der Waals surface area contributed by atoms with Gasteiger partial charge >= 0.3 is 0 Å². The van der Waals surface area contributed by atoms with E-state index >= 15 is 0 Å². The predicted molar refractivity (Wildman–Crippen MR) is 37.4 cm³/mol. The molecule has 1 saturated carbocycles. The van der Waals surface area contributed by atoms with Gasteiger partial charge in [0.25, 0.3) is 0 Å². The molecule has 0 aromatic heterocycles. The summed E-state index contributed by atoms with van der Waals surface area (Å²) in [6.07, 6.45) is -5.11.